The van der Waals surface area contributed by atoms with E-state index in [1.807, 2.05) is 0 Å². The van der Waals surface area contributed by atoms with E-state index in [0.717, 1.165) is 11.3 Å². The Bertz CT molecular complexity index is 178. The van der Waals surface area contributed by atoms with Crippen LogP contribution in [-0.2, 0) is 0 Å². The Morgan fingerprint density at radius 3 is 3.07 bits per heavy atom. The Balaban J connectivity index is 1.89. The van der Waals surface area contributed by atoms with Crippen LogP contribution in [0.2, 0.25) is 0 Å². The smallest absolute Gasteiger partial charge is 0.00152 e. The lowest BCUT2D eigenvalue weighted by Crippen LogP contribution is -2.42. The first-order valence-corrected chi connectivity index (χ1v) is 6.58. The van der Waals surface area contributed by atoms with Crippen LogP contribution < -0.4 is 5.32 Å². The van der Waals surface area contributed by atoms with Crippen LogP contribution in [0.15, 0.2) is 0 Å². The first-order chi connectivity index (χ1) is 6.87. The second kappa shape index (κ2) is 4.65. The minimum absolute atomic E-state index is 0.778. The van der Waals surface area contributed by atoms with E-state index in [-0.39, 0.29) is 0 Å². The van der Waals surface area contributed by atoms with Gasteiger partial charge in [0.25, 0.3) is 0 Å². The summed E-state index contributed by atoms with van der Waals surface area (Å²) < 4.78 is 0. The molecule has 2 aliphatic rings. The normalized spacial score (nSPS) is 37.1. The number of fused-ring (bicyclic) bond motifs is 1. The molecule has 2 rings (SSSR count). The van der Waals surface area contributed by atoms with Crippen LogP contribution in [0.1, 0.15) is 58.3 Å². The summed E-state index contributed by atoms with van der Waals surface area (Å²) in [5.74, 6) is 1.02. The molecule has 0 bridgehead atoms. The van der Waals surface area contributed by atoms with Crippen LogP contribution in [0.4, 0.5) is 0 Å². The van der Waals surface area contributed by atoms with Gasteiger partial charge in [0.05, 0.1) is 0 Å². The van der Waals surface area contributed by atoms with E-state index in [1.165, 1.54) is 64.5 Å². The molecule has 1 saturated heterocycles. The fourth-order valence-corrected chi connectivity index (χ4v) is 3.65. The largest absolute Gasteiger partial charge is 0.316 e. The lowest BCUT2D eigenvalue weighted by atomic mass is 9.70. The van der Waals surface area contributed by atoms with Crippen molar-refractivity contribution >= 4 is 0 Å². The fraction of sp³-hybridized carbons (Fsp3) is 1.00. The van der Waals surface area contributed by atoms with Gasteiger partial charge in [-0.05, 0) is 50.1 Å². The minimum Gasteiger partial charge on any atom is -0.316 e. The van der Waals surface area contributed by atoms with E-state index < -0.39 is 0 Å². The van der Waals surface area contributed by atoms with Gasteiger partial charge in [-0.2, -0.15) is 0 Å². The summed E-state index contributed by atoms with van der Waals surface area (Å²) in [4.78, 5) is 0. The zero-order valence-electron chi connectivity index (χ0n) is 9.65. The number of hydrogen-bond acceptors (Lipinski definition) is 1. The third-order valence-electron chi connectivity index (χ3n) is 4.56. The molecule has 0 spiro atoms. The lowest BCUT2D eigenvalue weighted by molar-refractivity contribution is 0.125. The van der Waals surface area contributed by atoms with Crippen LogP contribution in [0.3, 0.4) is 0 Å². The second-order valence-corrected chi connectivity index (χ2v) is 5.36. The summed E-state index contributed by atoms with van der Waals surface area (Å²) in [6.07, 6.45) is 11.8. The Morgan fingerprint density at radius 1 is 1.29 bits per heavy atom. The van der Waals surface area contributed by atoms with Crippen LogP contribution in [0.25, 0.3) is 0 Å². The van der Waals surface area contributed by atoms with Crippen molar-refractivity contribution in [1.29, 1.82) is 0 Å². The molecule has 0 aromatic rings. The maximum absolute atomic E-state index is 3.57. The third-order valence-corrected chi connectivity index (χ3v) is 4.56. The summed E-state index contributed by atoms with van der Waals surface area (Å²) in [6, 6.07) is 0. The number of nitrogens with one attached hydrogen (secondary N) is 1. The Kier molecular flexibility index (Phi) is 3.48. The van der Waals surface area contributed by atoms with Crippen molar-refractivity contribution in [3.8, 4) is 0 Å². The molecule has 0 aromatic heterocycles. The van der Waals surface area contributed by atoms with Crippen molar-refractivity contribution < 1.29 is 0 Å². The molecule has 14 heavy (non-hydrogen) atoms. The van der Waals surface area contributed by atoms with Gasteiger partial charge in [-0.25, -0.2) is 0 Å². The van der Waals surface area contributed by atoms with Crippen LogP contribution in [0.5, 0.6) is 0 Å². The third kappa shape index (κ3) is 1.98. The van der Waals surface area contributed by atoms with Crippen LogP contribution >= 0.6 is 0 Å². The zero-order chi connectivity index (χ0) is 9.86. The number of piperidine rings is 1. The van der Waals surface area contributed by atoms with E-state index >= 15 is 0 Å². The molecule has 0 amide bonds. The average molecular weight is 195 g/mol. The summed E-state index contributed by atoms with van der Waals surface area (Å²) in [5, 5.41) is 3.57. The maximum Gasteiger partial charge on any atom is -0.00152 e. The Morgan fingerprint density at radius 2 is 2.21 bits per heavy atom. The minimum atomic E-state index is 0.778. The zero-order valence-corrected chi connectivity index (χ0v) is 9.65. The van der Waals surface area contributed by atoms with E-state index in [1.54, 1.807) is 0 Å². The molecule has 82 valence electrons. The van der Waals surface area contributed by atoms with Gasteiger partial charge in [0.2, 0.25) is 0 Å². The molecule has 1 saturated carbocycles. The molecular formula is C13H25N. The maximum atomic E-state index is 3.57. The van der Waals surface area contributed by atoms with Crippen molar-refractivity contribution in [2.75, 3.05) is 13.1 Å². The number of rotatable bonds is 4. The molecule has 2 fully saturated rings. The van der Waals surface area contributed by atoms with Gasteiger partial charge in [0.15, 0.2) is 0 Å². The highest BCUT2D eigenvalue weighted by Gasteiger charge is 2.43. The highest BCUT2D eigenvalue weighted by atomic mass is 14.9. The van der Waals surface area contributed by atoms with Gasteiger partial charge in [-0.1, -0.05) is 32.6 Å². The predicted molar refractivity (Wildman–Crippen MR) is 61.4 cm³/mol. The number of hydrogen-bond donors (Lipinski definition) is 1. The first-order valence-electron chi connectivity index (χ1n) is 6.58. The first kappa shape index (κ1) is 10.5. The summed E-state index contributed by atoms with van der Waals surface area (Å²) >= 11 is 0. The lowest BCUT2D eigenvalue weighted by Gasteiger charge is -2.40. The van der Waals surface area contributed by atoms with Gasteiger partial charge in [-0.15, -0.1) is 0 Å². The van der Waals surface area contributed by atoms with Gasteiger partial charge in [0, 0.05) is 0 Å². The monoisotopic (exact) mass is 195 g/mol. The van der Waals surface area contributed by atoms with Crippen molar-refractivity contribution in [1.82, 2.24) is 5.32 Å². The molecular weight excluding hydrogens is 170 g/mol. The predicted octanol–water partition coefficient (Wildman–Crippen LogP) is 3.35. The molecule has 1 heterocycles. The molecule has 2 atom stereocenters. The van der Waals surface area contributed by atoms with E-state index in [0.29, 0.717) is 0 Å². The molecule has 1 heteroatoms. The average Bonchev–Trinajstić information content (AvgIpc) is 2.62. The molecule has 0 aromatic carbocycles. The second-order valence-electron chi connectivity index (χ2n) is 5.36. The Hall–Kier alpha value is -0.0400. The number of unbranched alkanes of at least 4 members (excludes halogenated alkanes) is 2. The van der Waals surface area contributed by atoms with E-state index in [2.05, 4.69) is 12.2 Å². The Labute approximate surface area is 88.7 Å². The van der Waals surface area contributed by atoms with Gasteiger partial charge < -0.3 is 5.32 Å². The molecule has 1 N–H and O–H groups in total. The molecule has 0 radical (unpaired) electrons. The summed E-state index contributed by atoms with van der Waals surface area (Å²) in [5.41, 5.74) is 0.778. The quantitative estimate of drug-likeness (QED) is 0.678. The molecule has 1 nitrogen and oxygen atoms in total. The molecule has 1 aliphatic carbocycles. The van der Waals surface area contributed by atoms with Crippen molar-refractivity contribution in [2.45, 2.75) is 58.3 Å². The standard InChI is InChI=1S/C13H25N/c1-2-3-4-7-13-8-5-6-12(13)11-14-10-9-13/h12,14H,2-11H2,1H3. The SMILES string of the molecule is CCCCCC12CCCC1CNCC2. The molecule has 1 aliphatic heterocycles. The van der Waals surface area contributed by atoms with Gasteiger partial charge in [0.1, 0.15) is 0 Å². The van der Waals surface area contributed by atoms with Crippen LogP contribution in [-0.4, -0.2) is 13.1 Å². The summed E-state index contributed by atoms with van der Waals surface area (Å²) in [6.45, 7) is 4.90. The highest BCUT2D eigenvalue weighted by Crippen LogP contribution is 2.50. The highest BCUT2D eigenvalue weighted by molar-refractivity contribution is 4.95. The van der Waals surface area contributed by atoms with Gasteiger partial charge in [-0.3, -0.25) is 0 Å². The van der Waals surface area contributed by atoms with Crippen molar-refractivity contribution in [2.24, 2.45) is 11.3 Å². The van der Waals surface area contributed by atoms with Crippen LogP contribution in [0, 0.1) is 11.3 Å². The fourth-order valence-electron chi connectivity index (χ4n) is 3.65. The van der Waals surface area contributed by atoms with E-state index in [9.17, 15) is 0 Å². The molecule has 2 unspecified atom stereocenters. The summed E-state index contributed by atoms with van der Waals surface area (Å²) in [7, 11) is 0. The van der Waals surface area contributed by atoms with Crippen molar-refractivity contribution in [3.63, 3.8) is 0 Å². The van der Waals surface area contributed by atoms with Crippen molar-refractivity contribution in [3.05, 3.63) is 0 Å². The van der Waals surface area contributed by atoms with Gasteiger partial charge >= 0.3 is 0 Å². The van der Waals surface area contributed by atoms with E-state index in [4.69, 9.17) is 0 Å². The topological polar surface area (TPSA) is 12.0 Å².